The molecular weight excluding hydrogens is 404 g/mol. The summed E-state index contributed by atoms with van der Waals surface area (Å²) in [5.74, 6) is 0.179. The molecule has 2 heterocycles. The van der Waals surface area contributed by atoms with Crippen LogP contribution in [0.25, 0.3) is 11.1 Å². The molecule has 0 saturated carbocycles. The lowest BCUT2D eigenvalue weighted by molar-refractivity contribution is 0.102. The number of benzene rings is 2. The van der Waals surface area contributed by atoms with Crippen LogP contribution in [0.4, 0.5) is 11.4 Å². The number of hydrogen-bond donors (Lipinski definition) is 1. The maximum atomic E-state index is 13.2. The summed E-state index contributed by atoms with van der Waals surface area (Å²) < 4.78 is 31.8. The number of aromatic nitrogens is 1. The van der Waals surface area contributed by atoms with Crippen LogP contribution >= 0.6 is 0 Å². The van der Waals surface area contributed by atoms with E-state index in [1.54, 1.807) is 37.3 Å². The van der Waals surface area contributed by atoms with E-state index in [1.165, 1.54) is 20.2 Å². The summed E-state index contributed by atoms with van der Waals surface area (Å²) in [4.78, 5) is 19.7. The van der Waals surface area contributed by atoms with E-state index in [1.807, 2.05) is 0 Å². The highest BCUT2D eigenvalue weighted by molar-refractivity contribution is 7.89. The zero-order valence-electron chi connectivity index (χ0n) is 17.2. The van der Waals surface area contributed by atoms with Crippen molar-refractivity contribution in [2.24, 2.45) is 0 Å². The van der Waals surface area contributed by atoms with Gasteiger partial charge >= 0.3 is 0 Å². The second kappa shape index (κ2) is 7.73. The molecule has 9 heteroatoms. The smallest absolute Gasteiger partial charge is 0.257 e. The molecule has 1 aliphatic heterocycles. The van der Waals surface area contributed by atoms with Crippen molar-refractivity contribution < 1.29 is 17.6 Å². The van der Waals surface area contributed by atoms with Crippen LogP contribution < -0.4 is 10.2 Å². The zero-order valence-corrected chi connectivity index (χ0v) is 18.0. The summed E-state index contributed by atoms with van der Waals surface area (Å²) in [6, 6.07) is 9.96. The van der Waals surface area contributed by atoms with Crippen LogP contribution in [0.3, 0.4) is 0 Å². The molecule has 2 aromatic carbocycles. The lowest BCUT2D eigenvalue weighted by Gasteiger charge is -2.22. The first kappa shape index (κ1) is 20.4. The Morgan fingerprint density at radius 1 is 1.13 bits per heavy atom. The Labute approximate surface area is 175 Å². The first-order chi connectivity index (χ1) is 14.3. The predicted octanol–water partition coefficient (Wildman–Crippen LogP) is 3.24. The summed E-state index contributed by atoms with van der Waals surface area (Å²) in [5, 5.41) is 2.88. The van der Waals surface area contributed by atoms with Crippen LogP contribution in [0.2, 0.25) is 0 Å². The number of anilines is 2. The van der Waals surface area contributed by atoms with Crippen molar-refractivity contribution in [3.05, 3.63) is 47.9 Å². The molecule has 1 fully saturated rings. The van der Waals surface area contributed by atoms with E-state index in [4.69, 9.17) is 4.42 Å². The van der Waals surface area contributed by atoms with Gasteiger partial charge in [0.05, 0.1) is 10.5 Å². The quantitative estimate of drug-likeness (QED) is 0.670. The molecular formula is C21H24N4O4S. The van der Waals surface area contributed by atoms with Gasteiger partial charge in [-0.2, -0.15) is 0 Å². The lowest BCUT2D eigenvalue weighted by atomic mass is 10.1. The van der Waals surface area contributed by atoms with Gasteiger partial charge in [0.1, 0.15) is 5.52 Å². The molecule has 0 spiro atoms. The van der Waals surface area contributed by atoms with Crippen LogP contribution in [0.5, 0.6) is 0 Å². The Kier molecular flexibility index (Phi) is 5.25. The fourth-order valence-corrected chi connectivity index (χ4v) is 4.55. The summed E-state index contributed by atoms with van der Waals surface area (Å²) in [7, 11) is -0.718. The highest BCUT2D eigenvalue weighted by atomic mass is 32.2. The van der Waals surface area contributed by atoms with Crippen molar-refractivity contribution in [1.29, 1.82) is 0 Å². The van der Waals surface area contributed by atoms with Gasteiger partial charge in [-0.15, -0.1) is 0 Å². The Balaban J connectivity index is 1.72. The highest BCUT2D eigenvalue weighted by Gasteiger charge is 2.24. The molecule has 30 heavy (non-hydrogen) atoms. The molecule has 0 unspecified atom stereocenters. The SMILES string of the molecule is Cc1nc2cc(NC(=O)c3cc(S(=O)(=O)N(C)C)ccc3N3CCCC3)ccc2o1. The molecule has 0 radical (unpaired) electrons. The summed E-state index contributed by atoms with van der Waals surface area (Å²) in [5.41, 5.74) is 2.92. The summed E-state index contributed by atoms with van der Waals surface area (Å²) >= 11 is 0. The van der Waals surface area contributed by atoms with Gasteiger partial charge in [0.2, 0.25) is 10.0 Å². The molecule has 0 atom stereocenters. The summed E-state index contributed by atoms with van der Waals surface area (Å²) in [6.45, 7) is 3.44. The highest BCUT2D eigenvalue weighted by Crippen LogP contribution is 2.29. The van der Waals surface area contributed by atoms with E-state index >= 15 is 0 Å². The first-order valence-corrected chi connectivity index (χ1v) is 11.2. The third kappa shape index (κ3) is 3.78. The van der Waals surface area contributed by atoms with Gasteiger partial charge in [0, 0.05) is 45.5 Å². The van der Waals surface area contributed by atoms with Gasteiger partial charge in [-0.3, -0.25) is 4.79 Å². The zero-order chi connectivity index (χ0) is 21.5. The summed E-state index contributed by atoms with van der Waals surface area (Å²) in [6.07, 6.45) is 2.09. The van der Waals surface area contributed by atoms with E-state index in [0.29, 0.717) is 28.2 Å². The van der Waals surface area contributed by atoms with E-state index in [2.05, 4.69) is 15.2 Å². The number of oxazole rings is 1. The normalized spacial score (nSPS) is 14.6. The standard InChI is InChI=1S/C21H24N4O4S/c1-14-22-18-12-15(6-9-20(18)29-14)23-21(26)17-13-16(30(27,28)24(2)3)7-8-19(17)25-10-4-5-11-25/h6-9,12-13H,4-5,10-11H2,1-3H3,(H,23,26). The number of carbonyl (C=O) groups excluding carboxylic acids is 1. The van der Waals surface area contributed by atoms with Crippen LogP contribution in [0.15, 0.2) is 45.7 Å². The van der Waals surface area contributed by atoms with Crippen LogP contribution in [0.1, 0.15) is 29.1 Å². The Bertz CT molecular complexity index is 1210. The monoisotopic (exact) mass is 428 g/mol. The molecule has 0 aliphatic carbocycles. The minimum atomic E-state index is -3.66. The van der Waals surface area contributed by atoms with E-state index in [9.17, 15) is 13.2 Å². The Morgan fingerprint density at radius 3 is 2.57 bits per heavy atom. The maximum absolute atomic E-state index is 13.2. The van der Waals surface area contributed by atoms with Gasteiger partial charge in [0.15, 0.2) is 11.5 Å². The van der Waals surface area contributed by atoms with Crippen molar-refractivity contribution >= 4 is 38.4 Å². The first-order valence-electron chi connectivity index (χ1n) is 9.76. The fraction of sp³-hybridized carbons (Fsp3) is 0.333. The molecule has 1 aliphatic rings. The number of aryl methyl sites for hydroxylation is 1. The lowest BCUT2D eigenvalue weighted by Crippen LogP contribution is -2.25. The van der Waals surface area contributed by atoms with Gasteiger partial charge in [0.25, 0.3) is 5.91 Å². The number of nitrogens with one attached hydrogen (secondary N) is 1. The second-order valence-electron chi connectivity index (χ2n) is 7.53. The molecule has 1 aromatic heterocycles. The average Bonchev–Trinajstić information content (AvgIpc) is 3.35. The largest absolute Gasteiger partial charge is 0.441 e. The second-order valence-corrected chi connectivity index (χ2v) is 9.68. The number of nitrogens with zero attached hydrogens (tertiary/aromatic N) is 3. The van der Waals surface area contributed by atoms with Crippen molar-refractivity contribution in [3.63, 3.8) is 0 Å². The molecule has 4 rings (SSSR count). The van der Waals surface area contributed by atoms with Crippen molar-refractivity contribution in [2.45, 2.75) is 24.7 Å². The van der Waals surface area contributed by atoms with Crippen LogP contribution in [-0.2, 0) is 10.0 Å². The van der Waals surface area contributed by atoms with Crippen molar-refractivity contribution in [2.75, 3.05) is 37.4 Å². The van der Waals surface area contributed by atoms with Crippen LogP contribution in [-0.4, -0.2) is 50.8 Å². The molecule has 8 nitrogen and oxygen atoms in total. The number of rotatable bonds is 5. The van der Waals surface area contributed by atoms with Crippen LogP contribution in [0, 0.1) is 6.92 Å². The predicted molar refractivity (Wildman–Crippen MR) is 115 cm³/mol. The van der Waals surface area contributed by atoms with Crippen molar-refractivity contribution in [3.8, 4) is 0 Å². The molecule has 1 N–H and O–H groups in total. The van der Waals surface area contributed by atoms with Crippen molar-refractivity contribution in [1.82, 2.24) is 9.29 Å². The number of amides is 1. The van der Waals surface area contributed by atoms with E-state index < -0.39 is 10.0 Å². The van der Waals surface area contributed by atoms with E-state index in [-0.39, 0.29) is 10.8 Å². The number of sulfonamides is 1. The van der Waals surface area contributed by atoms with E-state index in [0.717, 1.165) is 35.9 Å². The minimum absolute atomic E-state index is 0.0863. The Morgan fingerprint density at radius 2 is 1.87 bits per heavy atom. The average molecular weight is 429 g/mol. The maximum Gasteiger partial charge on any atom is 0.257 e. The van der Waals surface area contributed by atoms with Gasteiger partial charge in [-0.25, -0.2) is 17.7 Å². The molecule has 1 amide bonds. The topological polar surface area (TPSA) is 95.7 Å². The Hall–Kier alpha value is -2.91. The molecule has 3 aromatic rings. The molecule has 158 valence electrons. The third-order valence-corrected chi connectivity index (χ3v) is 7.00. The number of hydrogen-bond acceptors (Lipinski definition) is 6. The molecule has 1 saturated heterocycles. The number of fused-ring (bicyclic) bond motifs is 1. The molecule has 0 bridgehead atoms. The van der Waals surface area contributed by atoms with Gasteiger partial charge in [-0.1, -0.05) is 0 Å². The van der Waals surface area contributed by atoms with Gasteiger partial charge in [-0.05, 0) is 49.2 Å². The fourth-order valence-electron chi connectivity index (χ4n) is 3.62. The van der Waals surface area contributed by atoms with Gasteiger partial charge < -0.3 is 14.6 Å². The third-order valence-electron chi connectivity index (χ3n) is 5.19. The minimum Gasteiger partial charge on any atom is -0.441 e. The number of carbonyl (C=O) groups is 1.